The number of ether oxygens (including phenoxy) is 2. The van der Waals surface area contributed by atoms with Crippen molar-refractivity contribution < 1.29 is 42.1 Å². The van der Waals surface area contributed by atoms with Crippen LogP contribution in [0.1, 0.15) is 219 Å². The molecular formula is C64H109NO8P+. The zero-order valence-corrected chi connectivity index (χ0v) is 48.7. The van der Waals surface area contributed by atoms with Gasteiger partial charge in [0.05, 0.1) is 27.7 Å². The second kappa shape index (κ2) is 54.2. The summed E-state index contributed by atoms with van der Waals surface area (Å²) in [5.41, 5.74) is 0. The molecule has 9 nitrogen and oxygen atoms in total. The first-order valence-electron chi connectivity index (χ1n) is 29.3. The Labute approximate surface area is 454 Å². The first kappa shape index (κ1) is 70.4. The molecule has 0 aromatic carbocycles. The highest BCUT2D eigenvalue weighted by Crippen LogP contribution is 2.43. The van der Waals surface area contributed by atoms with E-state index in [-0.39, 0.29) is 32.0 Å². The lowest BCUT2D eigenvalue weighted by Crippen LogP contribution is -2.37. The second-order valence-corrected chi connectivity index (χ2v) is 21.7. The number of hydrogen-bond acceptors (Lipinski definition) is 7. The summed E-state index contributed by atoms with van der Waals surface area (Å²) in [7, 11) is 1.43. The van der Waals surface area contributed by atoms with Crippen LogP contribution in [0.25, 0.3) is 0 Å². The van der Waals surface area contributed by atoms with Gasteiger partial charge in [0.1, 0.15) is 19.8 Å². The van der Waals surface area contributed by atoms with Gasteiger partial charge in [-0.15, -0.1) is 0 Å². The first-order chi connectivity index (χ1) is 36.0. The molecule has 422 valence electrons. The predicted molar refractivity (Wildman–Crippen MR) is 316 cm³/mol. The largest absolute Gasteiger partial charge is 0.472 e. The van der Waals surface area contributed by atoms with Crippen LogP contribution in [0.2, 0.25) is 0 Å². The maximum Gasteiger partial charge on any atom is 0.472 e. The lowest BCUT2D eigenvalue weighted by atomic mass is 10.1. The number of allylic oxidation sites excluding steroid dienone is 20. The van der Waals surface area contributed by atoms with Crippen molar-refractivity contribution in [2.24, 2.45) is 0 Å². The molecule has 0 aromatic rings. The summed E-state index contributed by atoms with van der Waals surface area (Å²) in [5.74, 6) is -0.848. The van der Waals surface area contributed by atoms with Gasteiger partial charge in [0.2, 0.25) is 0 Å². The minimum Gasteiger partial charge on any atom is -0.462 e. The highest BCUT2D eigenvalue weighted by Gasteiger charge is 2.27. The zero-order valence-electron chi connectivity index (χ0n) is 47.8. The van der Waals surface area contributed by atoms with Crippen molar-refractivity contribution in [1.29, 1.82) is 0 Å². The van der Waals surface area contributed by atoms with E-state index in [1.807, 2.05) is 21.1 Å². The fraction of sp³-hybridized carbons (Fsp3) is 0.656. The Morgan fingerprint density at radius 3 is 1.16 bits per heavy atom. The maximum absolute atomic E-state index is 12.8. The number of phosphoric acid groups is 1. The summed E-state index contributed by atoms with van der Waals surface area (Å²) in [5, 5.41) is 0. The van der Waals surface area contributed by atoms with E-state index in [1.54, 1.807) is 0 Å². The molecule has 0 saturated carbocycles. The van der Waals surface area contributed by atoms with Crippen LogP contribution < -0.4 is 0 Å². The number of quaternary nitrogens is 1. The molecule has 0 radical (unpaired) electrons. The van der Waals surface area contributed by atoms with Crippen LogP contribution in [0.4, 0.5) is 0 Å². The number of esters is 2. The van der Waals surface area contributed by atoms with Crippen molar-refractivity contribution in [3.63, 3.8) is 0 Å². The van der Waals surface area contributed by atoms with Gasteiger partial charge in [-0.1, -0.05) is 219 Å². The molecular weight excluding hydrogens is 942 g/mol. The molecule has 0 aromatic heterocycles. The molecule has 1 N–H and O–H groups in total. The van der Waals surface area contributed by atoms with Gasteiger partial charge in [-0.25, -0.2) is 4.57 Å². The van der Waals surface area contributed by atoms with Gasteiger partial charge in [0, 0.05) is 12.8 Å². The highest BCUT2D eigenvalue weighted by atomic mass is 31.2. The van der Waals surface area contributed by atoms with Crippen LogP contribution in [0, 0.1) is 0 Å². The van der Waals surface area contributed by atoms with Gasteiger partial charge in [-0.05, 0) is 109 Å². The molecule has 0 fully saturated rings. The van der Waals surface area contributed by atoms with Crippen molar-refractivity contribution in [3.05, 3.63) is 122 Å². The predicted octanol–water partition coefficient (Wildman–Crippen LogP) is 18.4. The Morgan fingerprint density at radius 1 is 0.432 bits per heavy atom. The lowest BCUT2D eigenvalue weighted by molar-refractivity contribution is -0.870. The number of phosphoric ester groups is 1. The van der Waals surface area contributed by atoms with E-state index in [2.05, 4.69) is 135 Å². The Bertz CT molecular complexity index is 1660. The van der Waals surface area contributed by atoms with Crippen LogP contribution in [0.15, 0.2) is 122 Å². The third-order valence-electron chi connectivity index (χ3n) is 12.0. The summed E-state index contributed by atoms with van der Waals surface area (Å²) in [4.78, 5) is 35.7. The molecule has 0 aliphatic heterocycles. The number of nitrogens with zero attached hydrogens (tertiary/aromatic N) is 1. The summed E-state index contributed by atoms with van der Waals surface area (Å²) < 4.78 is 34.5. The fourth-order valence-corrected chi connectivity index (χ4v) is 8.21. The van der Waals surface area contributed by atoms with Crippen molar-refractivity contribution >= 4 is 19.8 Å². The Hall–Kier alpha value is -3.59. The van der Waals surface area contributed by atoms with Crippen molar-refractivity contribution in [2.75, 3.05) is 47.5 Å². The minimum absolute atomic E-state index is 0.0171. The molecule has 0 heterocycles. The average molecular weight is 1050 g/mol. The summed E-state index contributed by atoms with van der Waals surface area (Å²) in [6.45, 7) is 4.25. The molecule has 0 rings (SSSR count). The number of likely N-dealkylation sites (N-methyl/N-ethyl adjacent to an activating group) is 1. The van der Waals surface area contributed by atoms with Gasteiger partial charge >= 0.3 is 19.8 Å². The number of unbranched alkanes of at least 4 members (excludes halogenated alkanes) is 18. The van der Waals surface area contributed by atoms with E-state index in [0.29, 0.717) is 17.4 Å². The first-order valence-corrected chi connectivity index (χ1v) is 30.8. The van der Waals surface area contributed by atoms with Crippen molar-refractivity contribution in [3.8, 4) is 0 Å². The van der Waals surface area contributed by atoms with Crippen LogP contribution in [0.3, 0.4) is 0 Å². The second-order valence-electron chi connectivity index (χ2n) is 20.3. The topological polar surface area (TPSA) is 108 Å². The molecule has 0 bridgehead atoms. The quantitative estimate of drug-likeness (QED) is 0.0211. The van der Waals surface area contributed by atoms with E-state index in [4.69, 9.17) is 18.5 Å². The summed E-state index contributed by atoms with van der Waals surface area (Å²) in [6.07, 6.45) is 76.9. The number of rotatable bonds is 52. The molecule has 0 spiro atoms. The van der Waals surface area contributed by atoms with E-state index in [1.165, 1.54) is 77.0 Å². The van der Waals surface area contributed by atoms with Crippen molar-refractivity contribution in [1.82, 2.24) is 0 Å². The lowest BCUT2D eigenvalue weighted by Gasteiger charge is -2.24. The monoisotopic (exact) mass is 1050 g/mol. The van der Waals surface area contributed by atoms with E-state index in [9.17, 15) is 19.0 Å². The minimum atomic E-state index is -4.41. The van der Waals surface area contributed by atoms with E-state index >= 15 is 0 Å². The smallest absolute Gasteiger partial charge is 0.462 e. The third-order valence-corrected chi connectivity index (χ3v) is 13.0. The number of carbonyl (C=O) groups is 2. The van der Waals surface area contributed by atoms with Crippen LogP contribution in [0.5, 0.6) is 0 Å². The maximum atomic E-state index is 12.8. The van der Waals surface area contributed by atoms with Crippen LogP contribution in [-0.4, -0.2) is 74.9 Å². The Morgan fingerprint density at radius 2 is 0.770 bits per heavy atom. The number of hydrogen-bond donors (Lipinski definition) is 1. The number of carbonyl (C=O) groups excluding carboxylic acids is 2. The Balaban J connectivity index is 4.29. The third kappa shape index (κ3) is 57.7. The van der Waals surface area contributed by atoms with Gasteiger partial charge < -0.3 is 18.9 Å². The summed E-state index contributed by atoms with van der Waals surface area (Å²) in [6, 6.07) is 0. The highest BCUT2D eigenvalue weighted by molar-refractivity contribution is 7.47. The molecule has 0 aliphatic carbocycles. The summed E-state index contributed by atoms with van der Waals surface area (Å²) >= 11 is 0. The molecule has 74 heavy (non-hydrogen) atoms. The standard InChI is InChI=1S/C64H108NO8P/c1-6-8-10-12-14-16-18-20-22-24-26-28-30-32-34-36-38-40-42-44-46-48-50-52-54-56-63(66)70-60-62(61-72-74(68,69)71-59-58-65(3,4)5)73-64(67)57-55-53-51-49-47-45-43-41-39-37-35-33-31-29-27-25-23-21-19-17-15-13-11-9-7-2/h9,11,15,17-18,20-21,23-24,26-27,29-30,32-33,35,39,41,45,47,62H,6-8,10,12-14,16,19,22,25,28,31,34,36-38,40,42-44,46,48-61H2,1-5H3/p+1/b11-9-,17-15-,20-18-,23-21-,26-24-,29-27-,32-30-,35-33-,41-39-,47-45-. The van der Waals surface area contributed by atoms with E-state index < -0.39 is 26.5 Å². The van der Waals surface area contributed by atoms with Gasteiger partial charge in [-0.2, -0.15) is 0 Å². The van der Waals surface area contributed by atoms with Gasteiger partial charge in [-0.3, -0.25) is 18.6 Å². The van der Waals surface area contributed by atoms with Crippen LogP contribution >= 0.6 is 7.82 Å². The molecule has 0 aliphatic rings. The average Bonchev–Trinajstić information content (AvgIpc) is 3.36. The fourth-order valence-electron chi connectivity index (χ4n) is 7.47. The molecule has 2 atom stereocenters. The van der Waals surface area contributed by atoms with Crippen LogP contribution in [-0.2, 0) is 32.7 Å². The Kier molecular flexibility index (Phi) is 51.6. The van der Waals surface area contributed by atoms with Gasteiger partial charge in [0.25, 0.3) is 0 Å². The molecule has 0 amide bonds. The normalized spacial score (nSPS) is 14.2. The van der Waals surface area contributed by atoms with Gasteiger partial charge in [0.15, 0.2) is 6.10 Å². The molecule has 2 unspecified atom stereocenters. The molecule has 0 saturated heterocycles. The zero-order chi connectivity index (χ0) is 54.2. The van der Waals surface area contributed by atoms with E-state index in [0.717, 1.165) is 109 Å². The molecule has 10 heteroatoms. The van der Waals surface area contributed by atoms with Crippen molar-refractivity contribution in [2.45, 2.75) is 225 Å². The SMILES string of the molecule is CC/C=C\C/C=C\C/C=C\C/C=C\C/C=C\C/C=C\C/C=C\CCCCCC(=O)OC(COC(=O)CCCCCCCCCCCC/C=C\C/C=C\C/C=C\CCCCCCC)COP(=O)(O)OCC[N+](C)(C)C.